The molecule has 0 amide bonds. The second kappa shape index (κ2) is 6.58. The maximum atomic E-state index is 11.6. The molecule has 0 aliphatic rings. The molecule has 8 heteroatoms. The predicted octanol–water partition coefficient (Wildman–Crippen LogP) is 0.325. The predicted molar refractivity (Wildman–Crippen MR) is 78.3 cm³/mol. The van der Waals surface area contributed by atoms with Crippen LogP contribution < -0.4 is 15.8 Å². The van der Waals surface area contributed by atoms with Gasteiger partial charge in [0.25, 0.3) is 0 Å². The van der Waals surface area contributed by atoms with Crippen LogP contribution in [-0.4, -0.2) is 40.8 Å². The Bertz CT molecular complexity index is 599. The largest absolute Gasteiger partial charge is 0.465 e. The van der Waals surface area contributed by atoms with Gasteiger partial charge in [0.2, 0.25) is 10.0 Å². The highest BCUT2D eigenvalue weighted by Gasteiger charge is 2.13. The number of rotatable bonds is 6. The maximum Gasteiger partial charge on any atom is 0.340 e. The molecular formula is C12H19N3O4S. The number of anilines is 2. The van der Waals surface area contributed by atoms with Gasteiger partial charge < -0.3 is 15.8 Å². The van der Waals surface area contributed by atoms with E-state index in [4.69, 9.17) is 5.73 Å². The van der Waals surface area contributed by atoms with E-state index < -0.39 is 16.0 Å². The first-order chi connectivity index (χ1) is 9.24. The second-order valence-electron chi connectivity index (χ2n) is 4.34. The van der Waals surface area contributed by atoms with Gasteiger partial charge in [0.05, 0.1) is 18.9 Å². The van der Waals surface area contributed by atoms with Crippen LogP contribution in [0.3, 0.4) is 0 Å². The number of carbonyl (C=O) groups excluding carboxylic acids is 1. The number of aryl methyl sites for hydroxylation is 1. The standard InChI is InChI=1S/C12H19N3O4S/c1-8-6-9(14-4-5-15-20(3,17)18)7-10(11(8)13)12(16)19-2/h6-7,14-15H,4-5,13H2,1-3H3. The zero-order valence-corrected chi connectivity index (χ0v) is 12.5. The smallest absolute Gasteiger partial charge is 0.340 e. The van der Waals surface area contributed by atoms with Crippen molar-refractivity contribution in [1.82, 2.24) is 4.72 Å². The minimum Gasteiger partial charge on any atom is -0.465 e. The third-order valence-corrected chi connectivity index (χ3v) is 3.34. The van der Waals surface area contributed by atoms with Crippen LogP contribution in [0.2, 0.25) is 0 Å². The lowest BCUT2D eigenvalue weighted by molar-refractivity contribution is 0.0602. The first-order valence-corrected chi connectivity index (χ1v) is 7.80. The fourth-order valence-electron chi connectivity index (χ4n) is 1.62. The van der Waals surface area contributed by atoms with Crippen molar-refractivity contribution in [1.29, 1.82) is 0 Å². The summed E-state index contributed by atoms with van der Waals surface area (Å²) in [6.07, 6.45) is 1.09. The Morgan fingerprint density at radius 3 is 2.55 bits per heavy atom. The van der Waals surface area contributed by atoms with E-state index in [9.17, 15) is 13.2 Å². The van der Waals surface area contributed by atoms with Gasteiger partial charge in [0.15, 0.2) is 0 Å². The Labute approximate surface area is 118 Å². The van der Waals surface area contributed by atoms with Gasteiger partial charge in [-0.15, -0.1) is 0 Å². The molecule has 1 rings (SSSR count). The zero-order valence-electron chi connectivity index (χ0n) is 11.7. The van der Waals surface area contributed by atoms with E-state index in [0.29, 0.717) is 17.9 Å². The third kappa shape index (κ3) is 4.71. The summed E-state index contributed by atoms with van der Waals surface area (Å²) < 4.78 is 28.8. The van der Waals surface area contributed by atoms with Crippen molar-refractivity contribution < 1.29 is 17.9 Å². The molecule has 0 radical (unpaired) electrons. The first-order valence-electron chi connectivity index (χ1n) is 5.91. The van der Waals surface area contributed by atoms with Crippen LogP contribution in [0.1, 0.15) is 15.9 Å². The fraction of sp³-hybridized carbons (Fsp3) is 0.417. The molecule has 0 saturated heterocycles. The molecule has 1 aromatic carbocycles. The zero-order chi connectivity index (χ0) is 15.3. The van der Waals surface area contributed by atoms with Crippen LogP contribution in [0.5, 0.6) is 0 Å². The number of benzene rings is 1. The number of hydrogen-bond donors (Lipinski definition) is 3. The molecule has 4 N–H and O–H groups in total. The van der Waals surface area contributed by atoms with Gasteiger partial charge in [-0.25, -0.2) is 17.9 Å². The van der Waals surface area contributed by atoms with Gasteiger partial charge in [0.1, 0.15) is 0 Å². The van der Waals surface area contributed by atoms with Gasteiger partial charge >= 0.3 is 5.97 Å². The number of methoxy groups -OCH3 is 1. The molecule has 0 aliphatic heterocycles. The first kappa shape index (κ1) is 16.3. The van der Waals surface area contributed by atoms with Crippen LogP contribution in [-0.2, 0) is 14.8 Å². The molecular weight excluding hydrogens is 282 g/mol. The molecule has 0 saturated carbocycles. The van der Waals surface area contributed by atoms with Gasteiger partial charge in [-0.05, 0) is 24.6 Å². The molecule has 1 aromatic rings. The number of esters is 1. The number of nitrogen functional groups attached to an aromatic ring is 1. The number of sulfonamides is 1. The van der Waals surface area contributed by atoms with Crippen LogP contribution in [0.25, 0.3) is 0 Å². The molecule has 0 spiro atoms. The van der Waals surface area contributed by atoms with Crippen LogP contribution >= 0.6 is 0 Å². The SMILES string of the molecule is COC(=O)c1cc(NCCNS(C)(=O)=O)cc(C)c1N. The van der Waals surface area contributed by atoms with E-state index in [2.05, 4.69) is 14.8 Å². The minimum absolute atomic E-state index is 0.246. The quantitative estimate of drug-likeness (QED) is 0.396. The van der Waals surface area contributed by atoms with E-state index in [1.807, 2.05) is 0 Å². The number of ether oxygens (including phenoxy) is 1. The van der Waals surface area contributed by atoms with E-state index >= 15 is 0 Å². The molecule has 0 aromatic heterocycles. The van der Waals surface area contributed by atoms with Crippen LogP contribution in [0.15, 0.2) is 12.1 Å². The number of nitrogens with two attached hydrogens (primary N) is 1. The molecule has 20 heavy (non-hydrogen) atoms. The molecule has 0 atom stereocenters. The van der Waals surface area contributed by atoms with Crippen molar-refractivity contribution in [2.24, 2.45) is 0 Å². The summed E-state index contributed by atoms with van der Waals surface area (Å²) >= 11 is 0. The van der Waals surface area contributed by atoms with Gasteiger partial charge in [0, 0.05) is 24.5 Å². The van der Waals surface area contributed by atoms with E-state index in [1.54, 1.807) is 19.1 Å². The Kier molecular flexibility index (Phi) is 5.34. The fourth-order valence-corrected chi connectivity index (χ4v) is 2.10. The van der Waals surface area contributed by atoms with Crippen molar-refractivity contribution >= 4 is 27.4 Å². The minimum atomic E-state index is -3.20. The number of carbonyl (C=O) groups is 1. The highest BCUT2D eigenvalue weighted by Crippen LogP contribution is 2.23. The van der Waals surface area contributed by atoms with E-state index in [-0.39, 0.29) is 12.1 Å². The average molecular weight is 301 g/mol. The molecule has 112 valence electrons. The van der Waals surface area contributed by atoms with Gasteiger partial charge in [-0.2, -0.15) is 0 Å². The normalized spacial score (nSPS) is 11.2. The van der Waals surface area contributed by atoms with Crippen LogP contribution in [0, 0.1) is 6.92 Å². The van der Waals surface area contributed by atoms with E-state index in [0.717, 1.165) is 11.8 Å². The van der Waals surface area contributed by atoms with Gasteiger partial charge in [-0.1, -0.05) is 0 Å². The van der Waals surface area contributed by atoms with Crippen molar-refractivity contribution in [3.05, 3.63) is 23.3 Å². The Morgan fingerprint density at radius 1 is 1.35 bits per heavy atom. The Balaban J connectivity index is 2.77. The number of hydrogen-bond acceptors (Lipinski definition) is 6. The van der Waals surface area contributed by atoms with Crippen molar-refractivity contribution in [3.63, 3.8) is 0 Å². The Morgan fingerprint density at radius 2 is 2.00 bits per heavy atom. The molecule has 0 unspecified atom stereocenters. The number of nitrogens with one attached hydrogen (secondary N) is 2. The molecule has 0 aliphatic carbocycles. The lowest BCUT2D eigenvalue weighted by atomic mass is 10.1. The topological polar surface area (TPSA) is 111 Å². The van der Waals surface area contributed by atoms with Gasteiger partial charge in [-0.3, -0.25) is 0 Å². The molecule has 7 nitrogen and oxygen atoms in total. The maximum absolute atomic E-state index is 11.6. The second-order valence-corrected chi connectivity index (χ2v) is 6.17. The third-order valence-electron chi connectivity index (χ3n) is 2.61. The average Bonchev–Trinajstić information content (AvgIpc) is 2.36. The molecule has 0 fully saturated rings. The van der Waals surface area contributed by atoms with Crippen LogP contribution in [0.4, 0.5) is 11.4 Å². The lowest BCUT2D eigenvalue weighted by Gasteiger charge is -2.12. The summed E-state index contributed by atoms with van der Waals surface area (Å²) in [7, 11) is -1.92. The highest BCUT2D eigenvalue weighted by molar-refractivity contribution is 7.88. The summed E-state index contributed by atoms with van der Waals surface area (Å²) in [5.41, 5.74) is 7.89. The lowest BCUT2D eigenvalue weighted by Crippen LogP contribution is -2.27. The summed E-state index contributed by atoms with van der Waals surface area (Å²) in [6, 6.07) is 3.36. The summed E-state index contributed by atoms with van der Waals surface area (Å²) in [6.45, 7) is 2.41. The molecule has 0 bridgehead atoms. The van der Waals surface area contributed by atoms with E-state index in [1.165, 1.54) is 7.11 Å². The summed E-state index contributed by atoms with van der Waals surface area (Å²) in [5.74, 6) is -0.511. The highest BCUT2D eigenvalue weighted by atomic mass is 32.2. The van der Waals surface area contributed by atoms with Crippen molar-refractivity contribution in [2.75, 3.05) is 37.5 Å². The van der Waals surface area contributed by atoms with Crippen molar-refractivity contribution in [2.45, 2.75) is 6.92 Å². The monoisotopic (exact) mass is 301 g/mol. The van der Waals surface area contributed by atoms with Crippen molar-refractivity contribution in [3.8, 4) is 0 Å². The summed E-state index contributed by atoms with van der Waals surface area (Å²) in [5, 5.41) is 3.01. The Hall–Kier alpha value is -1.80. The molecule has 0 heterocycles. The summed E-state index contributed by atoms with van der Waals surface area (Å²) in [4.78, 5) is 11.6.